The minimum atomic E-state index is -0.927. The van der Waals surface area contributed by atoms with Gasteiger partial charge in [-0.1, -0.05) is 30.4 Å². The van der Waals surface area contributed by atoms with Crippen LogP contribution >= 0.6 is 12.2 Å². The number of pyridine rings is 1. The molecule has 0 fully saturated rings. The molecule has 0 bridgehead atoms. The largest absolute Gasteiger partial charge is 0.389 e. The van der Waals surface area contributed by atoms with Crippen LogP contribution in [0.3, 0.4) is 0 Å². The Morgan fingerprint density at radius 3 is 2.55 bits per heavy atom. The van der Waals surface area contributed by atoms with Crippen molar-refractivity contribution in [3.63, 3.8) is 0 Å². The van der Waals surface area contributed by atoms with Gasteiger partial charge >= 0.3 is 0 Å². The predicted molar refractivity (Wildman–Crippen MR) is 84.5 cm³/mol. The number of hydrogen-bond donors (Lipinski definition) is 3. The molecule has 0 unspecified atom stereocenters. The number of para-hydroxylation sites is 1. The van der Waals surface area contributed by atoms with Gasteiger partial charge in [0.05, 0.1) is 16.8 Å². The van der Waals surface area contributed by atoms with E-state index in [1.165, 1.54) is 0 Å². The maximum atomic E-state index is 11.5. The van der Waals surface area contributed by atoms with Crippen molar-refractivity contribution in [2.45, 2.75) is 19.4 Å². The van der Waals surface area contributed by atoms with Crippen LogP contribution in [-0.4, -0.2) is 21.4 Å². The SMILES string of the molecule is CC(C)(Nc1c(C(N)=S)cnc2ccccc12)C(N)=O. The van der Waals surface area contributed by atoms with Crippen molar-refractivity contribution >= 4 is 39.7 Å². The van der Waals surface area contributed by atoms with E-state index in [-0.39, 0.29) is 4.99 Å². The van der Waals surface area contributed by atoms with Gasteiger partial charge in [-0.15, -0.1) is 0 Å². The van der Waals surface area contributed by atoms with Gasteiger partial charge in [0.15, 0.2) is 0 Å². The first-order valence-corrected chi connectivity index (χ1v) is 6.49. The van der Waals surface area contributed by atoms with Gasteiger partial charge in [0.2, 0.25) is 5.91 Å². The van der Waals surface area contributed by atoms with E-state index in [2.05, 4.69) is 10.3 Å². The molecule has 6 heteroatoms. The summed E-state index contributed by atoms with van der Waals surface area (Å²) in [6.45, 7) is 3.40. The Labute approximate surface area is 122 Å². The van der Waals surface area contributed by atoms with Crippen LogP contribution in [0, 0.1) is 0 Å². The van der Waals surface area contributed by atoms with E-state index in [1.54, 1.807) is 20.0 Å². The van der Waals surface area contributed by atoms with Crippen molar-refractivity contribution in [3.05, 3.63) is 36.0 Å². The quantitative estimate of drug-likeness (QED) is 0.742. The number of hydrogen-bond acceptors (Lipinski definition) is 4. The molecule has 104 valence electrons. The molecule has 0 aliphatic carbocycles. The van der Waals surface area contributed by atoms with Crippen molar-refractivity contribution in [1.82, 2.24) is 4.98 Å². The Hall–Kier alpha value is -2.21. The molecule has 1 aromatic heterocycles. The second kappa shape index (κ2) is 5.05. The molecule has 2 rings (SSSR count). The van der Waals surface area contributed by atoms with Crippen molar-refractivity contribution in [2.75, 3.05) is 5.32 Å². The Morgan fingerprint density at radius 2 is 1.95 bits per heavy atom. The third-order valence-electron chi connectivity index (χ3n) is 3.09. The van der Waals surface area contributed by atoms with Gasteiger partial charge in [-0.3, -0.25) is 9.78 Å². The number of amides is 1. The predicted octanol–water partition coefficient (Wildman–Crippen LogP) is 1.54. The van der Waals surface area contributed by atoms with Gasteiger partial charge in [0.25, 0.3) is 0 Å². The second-order valence-corrected chi connectivity index (χ2v) is 5.48. The summed E-state index contributed by atoms with van der Waals surface area (Å²) in [5.41, 5.74) is 12.3. The standard InChI is InChI=1S/C14H16N4OS/c1-14(2,13(16)19)18-11-8-5-3-4-6-10(8)17-7-9(11)12(15)20/h3-7H,1-2H3,(H2,15,20)(H2,16,19)(H,17,18). The van der Waals surface area contributed by atoms with Gasteiger partial charge in [-0.25, -0.2) is 0 Å². The number of benzene rings is 1. The number of nitrogens with zero attached hydrogens (tertiary/aromatic N) is 1. The summed E-state index contributed by atoms with van der Waals surface area (Å²) in [7, 11) is 0. The lowest BCUT2D eigenvalue weighted by molar-refractivity contribution is -0.121. The van der Waals surface area contributed by atoms with Gasteiger partial charge in [-0.2, -0.15) is 0 Å². The van der Waals surface area contributed by atoms with Crippen molar-refractivity contribution in [3.8, 4) is 0 Å². The lowest BCUT2D eigenvalue weighted by atomic mass is 10.0. The molecule has 0 aliphatic rings. The molecule has 1 amide bonds. The average Bonchev–Trinajstić information content (AvgIpc) is 2.38. The molecule has 0 saturated carbocycles. The molecule has 0 spiro atoms. The highest BCUT2D eigenvalue weighted by Gasteiger charge is 2.26. The number of rotatable bonds is 4. The first kappa shape index (κ1) is 14.2. The van der Waals surface area contributed by atoms with Crippen molar-refractivity contribution < 1.29 is 4.79 Å². The maximum Gasteiger partial charge on any atom is 0.242 e. The summed E-state index contributed by atoms with van der Waals surface area (Å²) in [5, 5.41) is 3.97. The normalized spacial score (nSPS) is 11.3. The van der Waals surface area contributed by atoms with E-state index < -0.39 is 11.4 Å². The number of thiocarbonyl (C=S) groups is 1. The zero-order chi connectivity index (χ0) is 14.9. The number of aromatic nitrogens is 1. The zero-order valence-corrected chi connectivity index (χ0v) is 12.1. The van der Waals surface area contributed by atoms with E-state index >= 15 is 0 Å². The van der Waals surface area contributed by atoms with Gasteiger partial charge in [0, 0.05) is 11.6 Å². The fraction of sp³-hybridized carbons (Fsp3) is 0.214. The second-order valence-electron chi connectivity index (χ2n) is 5.04. The molecule has 1 aromatic carbocycles. The minimum Gasteiger partial charge on any atom is -0.389 e. The molecular weight excluding hydrogens is 272 g/mol. The number of carbonyl (C=O) groups is 1. The molecule has 20 heavy (non-hydrogen) atoms. The van der Waals surface area contributed by atoms with Crippen LogP contribution in [0.25, 0.3) is 10.9 Å². The van der Waals surface area contributed by atoms with Gasteiger partial charge in [0.1, 0.15) is 10.5 Å². The third-order valence-corrected chi connectivity index (χ3v) is 3.31. The van der Waals surface area contributed by atoms with Crippen LogP contribution in [0.5, 0.6) is 0 Å². The number of nitrogens with one attached hydrogen (secondary N) is 1. The Kier molecular flexibility index (Phi) is 3.59. The van der Waals surface area contributed by atoms with E-state index in [9.17, 15) is 4.79 Å². The summed E-state index contributed by atoms with van der Waals surface area (Å²) in [5.74, 6) is -0.465. The molecule has 0 atom stereocenters. The first-order valence-electron chi connectivity index (χ1n) is 6.08. The van der Waals surface area contributed by atoms with Crippen LogP contribution in [0.2, 0.25) is 0 Å². The smallest absolute Gasteiger partial charge is 0.242 e. The van der Waals surface area contributed by atoms with Crippen LogP contribution in [0.15, 0.2) is 30.5 Å². The third kappa shape index (κ3) is 2.55. The summed E-state index contributed by atoms with van der Waals surface area (Å²) < 4.78 is 0. The minimum absolute atomic E-state index is 0.214. The van der Waals surface area contributed by atoms with Gasteiger partial charge in [-0.05, 0) is 19.9 Å². The van der Waals surface area contributed by atoms with Crippen LogP contribution in [-0.2, 0) is 4.79 Å². The van der Waals surface area contributed by atoms with E-state index in [0.717, 1.165) is 10.9 Å². The molecular formula is C14H16N4OS. The average molecular weight is 288 g/mol. The maximum absolute atomic E-state index is 11.5. The number of primary amides is 1. The van der Waals surface area contributed by atoms with Gasteiger partial charge < -0.3 is 16.8 Å². The highest BCUT2D eigenvalue weighted by atomic mass is 32.1. The number of nitrogens with two attached hydrogens (primary N) is 2. The summed E-state index contributed by atoms with van der Waals surface area (Å²) >= 11 is 5.05. The van der Waals surface area contributed by atoms with Crippen LogP contribution in [0.1, 0.15) is 19.4 Å². The fourth-order valence-electron chi connectivity index (χ4n) is 1.84. The van der Waals surface area contributed by atoms with E-state index in [1.807, 2.05) is 24.3 Å². The zero-order valence-electron chi connectivity index (χ0n) is 11.3. The highest BCUT2D eigenvalue weighted by Crippen LogP contribution is 2.28. The van der Waals surface area contributed by atoms with Crippen LogP contribution in [0.4, 0.5) is 5.69 Å². The lowest BCUT2D eigenvalue weighted by Gasteiger charge is -2.26. The number of carbonyl (C=O) groups excluding carboxylic acids is 1. The fourth-order valence-corrected chi connectivity index (χ4v) is 1.99. The number of anilines is 1. The number of fused-ring (bicyclic) bond motifs is 1. The van der Waals surface area contributed by atoms with E-state index in [4.69, 9.17) is 23.7 Å². The molecule has 0 saturated heterocycles. The Bertz CT molecular complexity index is 697. The van der Waals surface area contributed by atoms with Crippen molar-refractivity contribution in [1.29, 1.82) is 0 Å². The Morgan fingerprint density at radius 1 is 1.30 bits per heavy atom. The molecule has 0 radical (unpaired) electrons. The molecule has 5 nitrogen and oxygen atoms in total. The highest BCUT2D eigenvalue weighted by molar-refractivity contribution is 7.80. The molecule has 1 heterocycles. The summed E-state index contributed by atoms with van der Waals surface area (Å²) in [6.07, 6.45) is 1.60. The molecule has 2 aromatic rings. The summed E-state index contributed by atoms with van der Waals surface area (Å²) in [4.78, 5) is 16.1. The molecule has 0 aliphatic heterocycles. The first-order chi connectivity index (χ1) is 9.33. The molecule has 5 N–H and O–H groups in total. The van der Waals surface area contributed by atoms with E-state index in [0.29, 0.717) is 11.3 Å². The monoisotopic (exact) mass is 288 g/mol. The van der Waals surface area contributed by atoms with Crippen LogP contribution < -0.4 is 16.8 Å². The summed E-state index contributed by atoms with van der Waals surface area (Å²) in [6, 6.07) is 7.54. The topological polar surface area (TPSA) is 94.0 Å². The lowest BCUT2D eigenvalue weighted by Crippen LogP contribution is -2.45. The van der Waals surface area contributed by atoms with Crippen molar-refractivity contribution in [2.24, 2.45) is 11.5 Å². The Balaban J connectivity index is 2.67.